The summed E-state index contributed by atoms with van der Waals surface area (Å²) < 4.78 is 5.30. The Balaban J connectivity index is 2.51. The summed E-state index contributed by atoms with van der Waals surface area (Å²) in [7, 11) is -1.54. The predicted octanol–water partition coefficient (Wildman–Crippen LogP) is 2.27. The van der Waals surface area contributed by atoms with E-state index in [0.717, 1.165) is 5.69 Å². The van der Waals surface area contributed by atoms with Gasteiger partial charge in [0.2, 0.25) is 0 Å². The van der Waals surface area contributed by atoms with Crippen LogP contribution in [0.3, 0.4) is 0 Å². The average Bonchev–Trinajstić information content (AvgIpc) is 2.04. The molecule has 0 radical (unpaired) electrons. The molecule has 3 nitrogen and oxygen atoms in total. The van der Waals surface area contributed by atoms with E-state index in [1.165, 1.54) is 0 Å². The summed E-state index contributed by atoms with van der Waals surface area (Å²) in [5.74, 6) is 0. The molecule has 0 aliphatic carbocycles. The van der Waals surface area contributed by atoms with Gasteiger partial charge in [0.1, 0.15) is 0 Å². The van der Waals surface area contributed by atoms with Gasteiger partial charge in [-0.3, -0.25) is 4.98 Å². The molecule has 0 aliphatic heterocycles. The Morgan fingerprint density at radius 3 is 2.69 bits per heavy atom. The van der Waals surface area contributed by atoms with E-state index in [1.807, 2.05) is 18.2 Å². The highest BCUT2D eigenvalue weighted by Gasteiger charge is 2.15. The molecule has 0 aliphatic rings. The Bertz CT molecular complexity index is 279. The third-order valence-electron chi connectivity index (χ3n) is 1.20. The summed E-state index contributed by atoms with van der Waals surface area (Å²) in [6, 6.07) is 5.68. The minimum Gasteiger partial charge on any atom is -0.456 e. The SMILES string of the molecule is C[Si](C)(C)O/N=C/c1ccccn1. The number of hydrogen-bond acceptors (Lipinski definition) is 3. The summed E-state index contributed by atoms with van der Waals surface area (Å²) >= 11 is 0. The van der Waals surface area contributed by atoms with E-state index in [1.54, 1.807) is 12.4 Å². The largest absolute Gasteiger partial charge is 0.456 e. The van der Waals surface area contributed by atoms with Gasteiger partial charge in [-0.05, 0) is 31.8 Å². The third-order valence-corrected chi connectivity index (χ3v) is 1.85. The molecular weight excluding hydrogens is 180 g/mol. The summed E-state index contributed by atoms with van der Waals surface area (Å²) in [6.45, 7) is 6.26. The molecule has 0 N–H and O–H groups in total. The Morgan fingerprint density at radius 1 is 1.38 bits per heavy atom. The molecule has 1 heterocycles. The monoisotopic (exact) mass is 194 g/mol. The summed E-state index contributed by atoms with van der Waals surface area (Å²) in [5.41, 5.74) is 0.820. The molecule has 0 spiro atoms. The molecule has 0 saturated heterocycles. The minimum atomic E-state index is -1.54. The van der Waals surface area contributed by atoms with Crippen molar-refractivity contribution in [3.05, 3.63) is 30.1 Å². The van der Waals surface area contributed by atoms with Crippen LogP contribution in [-0.2, 0) is 4.53 Å². The van der Waals surface area contributed by atoms with E-state index >= 15 is 0 Å². The molecule has 0 bridgehead atoms. The Hall–Kier alpha value is -1.16. The average molecular weight is 194 g/mol. The lowest BCUT2D eigenvalue weighted by Gasteiger charge is -2.11. The fraction of sp³-hybridized carbons (Fsp3) is 0.333. The van der Waals surface area contributed by atoms with Gasteiger partial charge < -0.3 is 4.53 Å². The topological polar surface area (TPSA) is 34.5 Å². The van der Waals surface area contributed by atoms with Gasteiger partial charge in [-0.25, -0.2) is 0 Å². The van der Waals surface area contributed by atoms with Gasteiger partial charge >= 0.3 is 0 Å². The first-order valence-corrected chi connectivity index (χ1v) is 7.61. The van der Waals surface area contributed by atoms with Crippen molar-refractivity contribution in [3.63, 3.8) is 0 Å². The van der Waals surface area contributed by atoms with Crippen LogP contribution in [0.4, 0.5) is 0 Å². The van der Waals surface area contributed by atoms with Crippen LogP contribution in [0, 0.1) is 0 Å². The van der Waals surface area contributed by atoms with E-state index in [9.17, 15) is 0 Å². The molecule has 70 valence electrons. The third kappa shape index (κ3) is 4.42. The molecule has 13 heavy (non-hydrogen) atoms. The van der Waals surface area contributed by atoms with Gasteiger partial charge in [-0.2, -0.15) is 0 Å². The van der Waals surface area contributed by atoms with Gasteiger partial charge in [0.25, 0.3) is 8.32 Å². The van der Waals surface area contributed by atoms with Crippen LogP contribution in [0.15, 0.2) is 29.6 Å². The highest BCUT2D eigenvalue weighted by Crippen LogP contribution is 2.02. The quantitative estimate of drug-likeness (QED) is 0.420. The molecule has 0 amide bonds. The van der Waals surface area contributed by atoms with Crippen molar-refractivity contribution in [1.82, 2.24) is 4.98 Å². The molecule has 0 unspecified atom stereocenters. The zero-order chi connectivity index (χ0) is 9.73. The number of rotatable bonds is 3. The van der Waals surface area contributed by atoms with Crippen LogP contribution in [0.5, 0.6) is 0 Å². The van der Waals surface area contributed by atoms with Crippen LogP contribution >= 0.6 is 0 Å². The van der Waals surface area contributed by atoms with Crippen LogP contribution < -0.4 is 0 Å². The molecule has 4 heteroatoms. The fourth-order valence-electron chi connectivity index (χ4n) is 0.691. The first-order chi connectivity index (χ1) is 6.08. The lowest BCUT2D eigenvalue weighted by Crippen LogP contribution is -2.22. The molecule has 1 rings (SSSR count). The summed E-state index contributed by atoms with van der Waals surface area (Å²) in [4.78, 5) is 4.08. The predicted molar refractivity (Wildman–Crippen MR) is 56.3 cm³/mol. The zero-order valence-corrected chi connectivity index (χ0v) is 9.19. The number of hydrogen-bond donors (Lipinski definition) is 0. The molecule has 1 aromatic heterocycles. The van der Waals surface area contributed by atoms with Crippen molar-refractivity contribution in [2.75, 3.05) is 0 Å². The van der Waals surface area contributed by atoms with Crippen molar-refractivity contribution in [3.8, 4) is 0 Å². The second kappa shape index (κ2) is 4.18. The highest BCUT2D eigenvalue weighted by molar-refractivity contribution is 6.69. The lowest BCUT2D eigenvalue weighted by molar-refractivity contribution is 0.338. The molecular formula is C9H14N2OSi. The van der Waals surface area contributed by atoms with Crippen molar-refractivity contribution < 1.29 is 4.53 Å². The standard InChI is InChI=1S/C9H14N2OSi/c1-13(2,3)12-11-8-9-6-4-5-7-10-9/h4-8H,1-3H3/b11-8+. The number of oxime groups is 1. The van der Waals surface area contributed by atoms with Crippen molar-refractivity contribution in [2.45, 2.75) is 19.6 Å². The zero-order valence-electron chi connectivity index (χ0n) is 8.19. The van der Waals surface area contributed by atoms with Crippen LogP contribution in [0.2, 0.25) is 19.6 Å². The van der Waals surface area contributed by atoms with E-state index < -0.39 is 8.32 Å². The second-order valence-corrected chi connectivity index (χ2v) is 8.10. The van der Waals surface area contributed by atoms with Crippen molar-refractivity contribution >= 4 is 14.5 Å². The smallest absolute Gasteiger partial charge is 0.278 e. The van der Waals surface area contributed by atoms with Gasteiger partial charge in [0, 0.05) is 6.20 Å². The Labute approximate surface area is 79.6 Å². The first-order valence-electron chi connectivity index (χ1n) is 4.20. The molecule has 0 fully saturated rings. The first kappa shape index (κ1) is 9.92. The summed E-state index contributed by atoms with van der Waals surface area (Å²) in [5, 5.41) is 3.89. The van der Waals surface area contributed by atoms with Gasteiger partial charge in [-0.15, -0.1) is 5.16 Å². The molecule has 0 aromatic carbocycles. The second-order valence-electron chi connectivity index (χ2n) is 3.69. The van der Waals surface area contributed by atoms with Crippen LogP contribution in [0.1, 0.15) is 5.69 Å². The molecule has 0 saturated carbocycles. The van der Waals surface area contributed by atoms with Gasteiger partial charge in [0.05, 0.1) is 11.9 Å². The van der Waals surface area contributed by atoms with E-state index in [0.29, 0.717) is 0 Å². The maximum atomic E-state index is 5.30. The van der Waals surface area contributed by atoms with Crippen LogP contribution in [0.25, 0.3) is 0 Å². The Kier molecular flexibility index (Phi) is 3.19. The Morgan fingerprint density at radius 2 is 2.15 bits per heavy atom. The number of aromatic nitrogens is 1. The lowest BCUT2D eigenvalue weighted by atomic mass is 10.4. The van der Waals surface area contributed by atoms with E-state index in [2.05, 4.69) is 29.8 Å². The number of pyridine rings is 1. The van der Waals surface area contributed by atoms with Crippen molar-refractivity contribution in [1.29, 1.82) is 0 Å². The van der Waals surface area contributed by atoms with Gasteiger partial charge in [0.15, 0.2) is 0 Å². The van der Waals surface area contributed by atoms with Gasteiger partial charge in [-0.1, -0.05) is 6.07 Å². The van der Waals surface area contributed by atoms with E-state index in [-0.39, 0.29) is 0 Å². The van der Waals surface area contributed by atoms with Crippen LogP contribution in [-0.4, -0.2) is 19.5 Å². The maximum Gasteiger partial charge on any atom is 0.278 e. The fourth-order valence-corrected chi connectivity index (χ4v) is 1.06. The normalized spacial score (nSPS) is 11.9. The number of nitrogens with zero attached hydrogens (tertiary/aromatic N) is 2. The summed E-state index contributed by atoms with van der Waals surface area (Å²) in [6.07, 6.45) is 3.37. The molecule has 1 aromatic rings. The minimum absolute atomic E-state index is 0.820. The highest BCUT2D eigenvalue weighted by atomic mass is 28.4. The van der Waals surface area contributed by atoms with Crippen molar-refractivity contribution in [2.24, 2.45) is 5.16 Å². The molecule has 0 atom stereocenters. The maximum absolute atomic E-state index is 5.30. The van der Waals surface area contributed by atoms with E-state index in [4.69, 9.17) is 4.53 Å².